The average Bonchev–Trinajstić information content (AvgIpc) is 2.53. The van der Waals surface area contributed by atoms with Crippen molar-refractivity contribution < 1.29 is 14.3 Å². The normalized spacial score (nSPS) is 11.5. The van der Waals surface area contributed by atoms with Crippen molar-refractivity contribution in [2.75, 3.05) is 7.11 Å². The van der Waals surface area contributed by atoms with Crippen LogP contribution in [0.2, 0.25) is 0 Å². The van der Waals surface area contributed by atoms with E-state index in [0.29, 0.717) is 12.3 Å². The van der Waals surface area contributed by atoms with Crippen molar-refractivity contribution in [1.82, 2.24) is 5.32 Å². The van der Waals surface area contributed by atoms with Crippen LogP contribution in [-0.2, 0) is 11.3 Å². The van der Waals surface area contributed by atoms with Crippen LogP contribution in [0.1, 0.15) is 12.5 Å². The van der Waals surface area contributed by atoms with Gasteiger partial charge in [0, 0.05) is 12.1 Å². The molecular weight excluding hydrogens is 266 g/mol. The number of nitrogens with one attached hydrogen (secondary N) is 1. The van der Waals surface area contributed by atoms with Gasteiger partial charge in [-0.3, -0.25) is 4.79 Å². The highest BCUT2D eigenvalue weighted by atomic mass is 16.5. The Labute approximate surface area is 124 Å². The summed E-state index contributed by atoms with van der Waals surface area (Å²) in [4.78, 5) is 12.0. The van der Waals surface area contributed by atoms with Gasteiger partial charge >= 0.3 is 0 Å². The van der Waals surface area contributed by atoms with Crippen LogP contribution in [0.5, 0.6) is 11.5 Å². The Bertz CT molecular complexity index is 584. The molecule has 110 valence electrons. The Kier molecular flexibility index (Phi) is 5.21. The van der Waals surface area contributed by atoms with Gasteiger partial charge in [0.2, 0.25) is 0 Å². The molecule has 0 fully saturated rings. The van der Waals surface area contributed by atoms with E-state index in [-0.39, 0.29) is 5.91 Å². The molecule has 0 saturated carbocycles. The fourth-order valence-corrected chi connectivity index (χ4v) is 1.93. The first kappa shape index (κ1) is 14.9. The molecule has 2 aromatic rings. The van der Waals surface area contributed by atoms with Crippen molar-refractivity contribution in [3.8, 4) is 11.5 Å². The van der Waals surface area contributed by atoms with E-state index < -0.39 is 6.10 Å². The van der Waals surface area contributed by atoms with Gasteiger partial charge < -0.3 is 14.8 Å². The van der Waals surface area contributed by atoms with Crippen molar-refractivity contribution in [2.24, 2.45) is 0 Å². The largest absolute Gasteiger partial charge is 0.496 e. The molecule has 1 N–H and O–H groups in total. The number of rotatable bonds is 6. The molecule has 0 aromatic heterocycles. The van der Waals surface area contributed by atoms with Crippen LogP contribution in [0.3, 0.4) is 0 Å². The Morgan fingerprint density at radius 1 is 1.10 bits per heavy atom. The predicted molar refractivity (Wildman–Crippen MR) is 81.4 cm³/mol. The van der Waals surface area contributed by atoms with Gasteiger partial charge in [0.05, 0.1) is 7.11 Å². The van der Waals surface area contributed by atoms with Crippen LogP contribution >= 0.6 is 0 Å². The van der Waals surface area contributed by atoms with Gasteiger partial charge in [-0.05, 0) is 25.1 Å². The van der Waals surface area contributed by atoms with E-state index in [1.807, 2.05) is 54.6 Å². The quantitative estimate of drug-likeness (QED) is 0.887. The third-order valence-electron chi connectivity index (χ3n) is 3.07. The summed E-state index contributed by atoms with van der Waals surface area (Å²) < 4.78 is 10.8. The zero-order valence-electron chi connectivity index (χ0n) is 12.2. The van der Waals surface area contributed by atoms with E-state index in [1.54, 1.807) is 14.0 Å². The van der Waals surface area contributed by atoms with Gasteiger partial charge in [-0.2, -0.15) is 0 Å². The summed E-state index contributed by atoms with van der Waals surface area (Å²) in [6.07, 6.45) is -0.554. The molecule has 0 spiro atoms. The molecule has 21 heavy (non-hydrogen) atoms. The van der Waals surface area contributed by atoms with Crippen molar-refractivity contribution in [1.29, 1.82) is 0 Å². The second kappa shape index (κ2) is 7.33. The van der Waals surface area contributed by atoms with Gasteiger partial charge in [-0.25, -0.2) is 0 Å². The summed E-state index contributed by atoms with van der Waals surface area (Å²) in [7, 11) is 1.61. The second-order valence-electron chi connectivity index (χ2n) is 4.60. The van der Waals surface area contributed by atoms with Gasteiger partial charge in [0.15, 0.2) is 6.10 Å². The molecule has 1 atom stereocenters. The monoisotopic (exact) mass is 285 g/mol. The lowest BCUT2D eigenvalue weighted by Crippen LogP contribution is -2.35. The zero-order chi connectivity index (χ0) is 15.1. The number of para-hydroxylation sites is 2. The first-order valence-electron chi connectivity index (χ1n) is 6.82. The number of benzene rings is 2. The summed E-state index contributed by atoms with van der Waals surface area (Å²) in [5.41, 5.74) is 0.931. The first-order chi connectivity index (χ1) is 10.2. The van der Waals surface area contributed by atoms with E-state index in [9.17, 15) is 4.79 Å². The summed E-state index contributed by atoms with van der Waals surface area (Å²) in [6, 6.07) is 16.9. The van der Waals surface area contributed by atoms with Crippen LogP contribution in [0, 0.1) is 0 Å². The van der Waals surface area contributed by atoms with Crippen LogP contribution in [0.15, 0.2) is 54.6 Å². The molecule has 4 nitrogen and oxygen atoms in total. The lowest BCUT2D eigenvalue weighted by molar-refractivity contribution is -0.127. The minimum Gasteiger partial charge on any atom is -0.496 e. The summed E-state index contributed by atoms with van der Waals surface area (Å²) in [6.45, 7) is 2.13. The van der Waals surface area contributed by atoms with Crippen molar-refractivity contribution in [3.05, 3.63) is 60.2 Å². The van der Waals surface area contributed by atoms with Gasteiger partial charge in [0.25, 0.3) is 5.91 Å². The fourth-order valence-electron chi connectivity index (χ4n) is 1.93. The SMILES string of the molecule is COc1ccccc1CNC(=O)[C@H](C)Oc1ccccc1. The Morgan fingerprint density at radius 3 is 2.48 bits per heavy atom. The molecular formula is C17H19NO3. The van der Waals surface area contributed by atoms with Crippen LogP contribution in [0.25, 0.3) is 0 Å². The van der Waals surface area contributed by atoms with E-state index >= 15 is 0 Å². The molecule has 0 radical (unpaired) electrons. The molecule has 0 aliphatic carbocycles. The van der Waals surface area contributed by atoms with Gasteiger partial charge in [-0.1, -0.05) is 36.4 Å². The Balaban J connectivity index is 1.89. The fraction of sp³-hybridized carbons (Fsp3) is 0.235. The van der Waals surface area contributed by atoms with Crippen LogP contribution in [-0.4, -0.2) is 19.1 Å². The maximum atomic E-state index is 12.0. The number of amides is 1. The smallest absolute Gasteiger partial charge is 0.261 e. The number of hydrogen-bond acceptors (Lipinski definition) is 3. The maximum absolute atomic E-state index is 12.0. The molecule has 2 rings (SSSR count). The summed E-state index contributed by atoms with van der Waals surface area (Å²) >= 11 is 0. The molecule has 4 heteroatoms. The number of methoxy groups -OCH3 is 1. The van der Waals surface area contributed by atoms with E-state index in [1.165, 1.54) is 0 Å². The van der Waals surface area contributed by atoms with E-state index in [0.717, 1.165) is 11.3 Å². The Hall–Kier alpha value is -2.49. The first-order valence-corrected chi connectivity index (χ1v) is 6.82. The Morgan fingerprint density at radius 2 is 1.76 bits per heavy atom. The summed E-state index contributed by atoms with van der Waals surface area (Å²) in [5, 5.41) is 2.85. The lowest BCUT2D eigenvalue weighted by atomic mass is 10.2. The highest BCUT2D eigenvalue weighted by Crippen LogP contribution is 2.17. The maximum Gasteiger partial charge on any atom is 0.261 e. The van der Waals surface area contributed by atoms with Gasteiger partial charge in [-0.15, -0.1) is 0 Å². The number of hydrogen-bond donors (Lipinski definition) is 1. The molecule has 0 saturated heterocycles. The third-order valence-corrected chi connectivity index (χ3v) is 3.07. The van der Waals surface area contributed by atoms with Crippen molar-refractivity contribution in [2.45, 2.75) is 19.6 Å². The topological polar surface area (TPSA) is 47.6 Å². The lowest BCUT2D eigenvalue weighted by Gasteiger charge is -2.15. The van der Waals surface area contributed by atoms with E-state index in [2.05, 4.69) is 5.32 Å². The van der Waals surface area contributed by atoms with Gasteiger partial charge in [0.1, 0.15) is 11.5 Å². The average molecular weight is 285 g/mol. The third kappa shape index (κ3) is 4.24. The van der Waals surface area contributed by atoms with Crippen LogP contribution < -0.4 is 14.8 Å². The molecule has 1 amide bonds. The van der Waals surface area contributed by atoms with E-state index in [4.69, 9.17) is 9.47 Å². The standard InChI is InChI=1S/C17H19NO3/c1-13(21-15-9-4-3-5-10-15)17(19)18-12-14-8-6-7-11-16(14)20-2/h3-11,13H,12H2,1-2H3,(H,18,19)/t13-/m0/s1. The molecule has 0 bridgehead atoms. The van der Waals surface area contributed by atoms with Crippen molar-refractivity contribution in [3.63, 3.8) is 0 Å². The minimum atomic E-state index is -0.554. The highest BCUT2D eigenvalue weighted by molar-refractivity contribution is 5.80. The minimum absolute atomic E-state index is 0.162. The molecule has 2 aromatic carbocycles. The molecule has 0 unspecified atom stereocenters. The molecule has 0 heterocycles. The summed E-state index contributed by atoms with van der Waals surface area (Å²) in [5.74, 6) is 1.27. The molecule has 0 aliphatic rings. The zero-order valence-corrected chi connectivity index (χ0v) is 12.2. The predicted octanol–water partition coefficient (Wildman–Crippen LogP) is 2.78. The van der Waals surface area contributed by atoms with Crippen LogP contribution in [0.4, 0.5) is 0 Å². The molecule has 0 aliphatic heterocycles. The van der Waals surface area contributed by atoms with Crippen molar-refractivity contribution >= 4 is 5.91 Å². The number of ether oxygens (including phenoxy) is 2. The second-order valence-corrected chi connectivity index (χ2v) is 4.60. The number of carbonyl (C=O) groups excluding carboxylic acids is 1. The highest BCUT2D eigenvalue weighted by Gasteiger charge is 2.14. The number of carbonyl (C=O) groups is 1.